The largest absolute Gasteiger partial charge is 0.362 e. The predicted octanol–water partition coefficient (Wildman–Crippen LogP) is 6.12. The number of para-hydroxylation sites is 1. The Kier molecular flexibility index (Phi) is 5.82. The van der Waals surface area contributed by atoms with Gasteiger partial charge >= 0.3 is 0 Å². The van der Waals surface area contributed by atoms with Gasteiger partial charge in [-0.05, 0) is 23.3 Å². The summed E-state index contributed by atoms with van der Waals surface area (Å²) in [5.74, 6) is 0.0484. The number of carbonyl (C=O) groups excluding carboxylic acids is 1. The van der Waals surface area contributed by atoms with Gasteiger partial charge in [-0.1, -0.05) is 103 Å². The first-order valence-corrected chi connectivity index (χ1v) is 9.83. The van der Waals surface area contributed by atoms with Crippen molar-refractivity contribution in [1.82, 2.24) is 0 Å². The van der Waals surface area contributed by atoms with Gasteiger partial charge in [0, 0.05) is 29.9 Å². The Hall–Kier alpha value is -3.65. The number of anilines is 1. The Balaban J connectivity index is 1.73. The van der Waals surface area contributed by atoms with Crippen LogP contribution in [0.1, 0.15) is 27.0 Å². The summed E-state index contributed by atoms with van der Waals surface area (Å²) in [5, 5.41) is 0. The fourth-order valence-electron chi connectivity index (χ4n) is 3.52. The molecule has 2 nitrogen and oxygen atoms in total. The van der Waals surface area contributed by atoms with Crippen molar-refractivity contribution in [3.8, 4) is 0 Å². The van der Waals surface area contributed by atoms with Crippen molar-refractivity contribution in [1.29, 1.82) is 0 Å². The summed E-state index contributed by atoms with van der Waals surface area (Å²) in [6.45, 7) is 1.46. The molecule has 4 aromatic carbocycles. The second-order valence-electron chi connectivity index (χ2n) is 7.04. The molecule has 0 heterocycles. The maximum Gasteiger partial charge on any atom is 0.195 e. The normalized spacial score (nSPS) is 10.5. The van der Waals surface area contributed by atoms with Crippen molar-refractivity contribution in [2.75, 3.05) is 4.90 Å². The number of hydrogen-bond donors (Lipinski definition) is 0. The molecule has 0 spiro atoms. The van der Waals surface area contributed by atoms with Crippen LogP contribution in [0.15, 0.2) is 115 Å². The van der Waals surface area contributed by atoms with Crippen LogP contribution in [0.3, 0.4) is 0 Å². The molecule has 0 saturated carbocycles. The van der Waals surface area contributed by atoms with Crippen molar-refractivity contribution < 1.29 is 4.79 Å². The van der Waals surface area contributed by atoms with Crippen LogP contribution in [0.25, 0.3) is 0 Å². The summed E-state index contributed by atoms with van der Waals surface area (Å²) in [6, 6.07) is 38.1. The van der Waals surface area contributed by atoms with E-state index in [9.17, 15) is 4.79 Å². The number of benzene rings is 4. The molecule has 142 valence electrons. The van der Waals surface area contributed by atoms with E-state index in [1.165, 1.54) is 11.1 Å². The van der Waals surface area contributed by atoms with Crippen LogP contribution in [-0.4, -0.2) is 5.78 Å². The monoisotopic (exact) mass is 377 g/mol. The number of carbonyl (C=O) groups is 1. The van der Waals surface area contributed by atoms with E-state index in [-0.39, 0.29) is 5.78 Å². The highest BCUT2D eigenvalue weighted by molar-refractivity contribution is 6.12. The summed E-state index contributed by atoms with van der Waals surface area (Å²) in [6.07, 6.45) is 0. The van der Waals surface area contributed by atoms with E-state index in [4.69, 9.17) is 0 Å². The second kappa shape index (κ2) is 9.03. The Bertz CT molecular complexity index is 1020. The number of ketones is 1. The van der Waals surface area contributed by atoms with Crippen LogP contribution in [-0.2, 0) is 13.1 Å². The average molecular weight is 377 g/mol. The zero-order valence-electron chi connectivity index (χ0n) is 16.2. The molecule has 0 N–H and O–H groups in total. The van der Waals surface area contributed by atoms with Gasteiger partial charge in [0.2, 0.25) is 0 Å². The molecule has 0 aromatic heterocycles. The van der Waals surface area contributed by atoms with E-state index in [1.807, 2.05) is 66.7 Å². The molecule has 0 atom stereocenters. The van der Waals surface area contributed by atoms with Crippen LogP contribution < -0.4 is 4.90 Å². The number of nitrogens with zero attached hydrogens (tertiary/aromatic N) is 1. The van der Waals surface area contributed by atoms with Crippen molar-refractivity contribution in [2.24, 2.45) is 0 Å². The minimum atomic E-state index is 0.0484. The van der Waals surface area contributed by atoms with Crippen LogP contribution in [0.2, 0.25) is 0 Å². The van der Waals surface area contributed by atoms with Crippen molar-refractivity contribution in [3.63, 3.8) is 0 Å². The molecule has 0 radical (unpaired) electrons. The number of hydrogen-bond acceptors (Lipinski definition) is 2. The highest BCUT2D eigenvalue weighted by Crippen LogP contribution is 2.27. The molecular weight excluding hydrogens is 354 g/mol. The van der Waals surface area contributed by atoms with Crippen LogP contribution in [0, 0.1) is 0 Å². The van der Waals surface area contributed by atoms with Gasteiger partial charge in [0.15, 0.2) is 5.78 Å². The average Bonchev–Trinajstić information content (AvgIpc) is 2.80. The highest BCUT2D eigenvalue weighted by atomic mass is 16.1. The third kappa shape index (κ3) is 4.61. The fourth-order valence-corrected chi connectivity index (χ4v) is 3.52. The first-order chi connectivity index (χ1) is 14.3. The second-order valence-corrected chi connectivity index (χ2v) is 7.04. The lowest BCUT2D eigenvalue weighted by Crippen LogP contribution is -2.24. The van der Waals surface area contributed by atoms with E-state index >= 15 is 0 Å². The Labute approximate surface area is 172 Å². The van der Waals surface area contributed by atoms with Gasteiger partial charge in [0.05, 0.1) is 0 Å². The smallest absolute Gasteiger partial charge is 0.195 e. The van der Waals surface area contributed by atoms with Crippen LogP contribution in [0.4, 0.5) is 5.69 Å². The van der Waals surface area contributed by atoms with Crippen LogP contribution in [0.5, 0.6) is 0 Å². The zero-order chi connectivity index (χ0) is 19.9. The molecule has 0 bridgehead atoms. The maximum absolute atomic E-state index is 13.2. The lowest BCUT2D eigenvalue weighted by atomic mass is 10.0. The van der Waals surface area contributed by atoms with E-state index in [2.05, 4.69) is 53.4 Å². The lowest BCUT2D eigenvalue weighted by molar-refractivity contribution is 0.103. The van der Waals surface area contributed by atoms with Gasteiger partial charge in [-0.3, -0.25) is 4.79 Å². The van der Waals surface area contributed by atoms with Crippen LogP contribution >= 0.6 is 0 Å². The van der Waals surface area contributed by atoms with E-state index in [0.717, 1.165) is 24.3 Å². The van der Waals surface area contributed by atoms with Gasteiger partial charge in [-0.15, -0.1) is 0 Å². The molecule has 0 aliphatic rings. The number of rotatable bonds is 7. The Morgan fingerprint density at radius 1 is 0.552 bits per heavy atom. The van der Waals surface area contributed by atoms with Crippen molar-refractivity contribution >= 4 is 11.5 Å². The first-order valence-electron chi connectivity index (χ1n) is 9.83. The predicted molar refractivity (Wildman–Crippen MR) is 119 cm³/mol. The Morgan fingerprint density at radius 2 is 1.00 bits per heavy atom. The molecule has 2 heteroatoms. The van der Waals surface area contributed by atoms with Gasteiger partial charge in [-0.25, -0.2) is 0 Å². The summed E-state index contributed by atoms with van der Waals surface area (Å²) < 4.78 is 0. The van der Waals surface area contributed by atoms with Crippen molar-refractivity contribution in [3.05, 3.63) is 138 Å². The zero-order valence-corrected chi connectivity index (χ0v) is 16.2. The lowest BCUT2D eigenvalue weighted by Gasteiger charge is -2.27. The summed E-state index contributed by atoms with van der Waals surface area (Å²) in [7, 11) is 0. The summed E-state index contributed by atoms with van der Waals surface area (Å²) >= 11 is 0. The molecule has 4 rings (SSSR count). The molecule has 0 aliphatic heterocycles. The molecule has 0 amide bonds. The fraction of sp³-hybridized carbons (Fsp3) is 0.0741. The minimum Gasteiger partial charge on any atom is -0.362 e. The van der Waals surface area contributed by atoms with Gasteiger partial charge in [0.1, 0.15) is 0 Å². The standard InChI is InChI=1S/C27H23NO/c29-27(24-16-8-3-9-17-24)25-18-10-11-19-26(25)28(20-22-12-4-1-5-13-22)21-23-14-6-2-7-15-23/h1-19H,20-21H2. The first kappa shape index (κ1) is 18.7. The molecular formula is C27H23NO. The van der Waals surface area contributed by atoms with Crippen molar-refractivity contribution in [2.45, 2.75) is 13.1 Å². The minimum absolute atomic E-state index is 0.0484. The molecule has 0 saturated heterocycles. The molecule has 0 fully saturated rings. The SMILES string of the molecule is O=C(c1ccccc1)c1ccccc1N(Cc1ccccc1)Cc1ccccc1. The van der Waals surface area contributed by atoms with E-state index in [0.29, 0.717) is 5.56 Å². The molecule has 0 aliphatic carbocycles. The summed E-state index contributed by atoms with van der Waals surface area (Å²) in [5.41, 5.74) is 4.81. The molecule has 4 aromatic rings. The molecule has 29 heavy (non-hydrogen) atoms. The molecule has 0 unspecified atom stereocenters. The van der Waals surface area contributed by atoms with E-state index < -0.39 is 0 Å². The van der Waals surface area contributed by atoms with Gasteiger partial charge in [-0.2, -0.15) is 0 Å². The highest BCUT2D eigenvalue weighted by Gasteiger charge is 2.18. The Morgan fingerprint density at radius 3 is 1.55 bits per heavy atom. The van der Waals surface area contributed by atoms with Gasteiger partial charge in [0.25, 0.3) is 0 Å². The quantitative estimate of drug-likeness (QED) is 0.361. The van der Waals surface area contributed by atoms with Gasteiger partial charge < -0.3 is 4.90 Å². The topological polar surface area (TPSA) is 20.3 Å². The summed E-state index contributed by atoms with van der Waals surface area (Å²) in [4.78, 5) is 15.5. The third-order valence-electron chi connectivity index (χ3n) is 4.96. The van der Waals surface area contributed by atoms with E-state index in [1.54, 1.807) is 0 Å². The third-order valence-corrected chi connectivity index (χ3v) is 4.96. The maximum atomic E-state index is 13.2.